The maximum atomic E-state index is 13.0. The minimum Gasteiger partial charge on any atom is -0.493 e. The molecule has 3 aromatic rings. The van der Waals surface area contributed by atoms with Gasteiger partial charge in [0, 0.05) is 36.3 Å². The summed E-state index contributed by atoms with van der Waals surface area (Å²) in [7, 11) is 1.61. The lowest BCUT2D eigenvalue weighted by atomic mass is 10.2. The summed E-state index contributed by atoms with van der Waals surface area (Å²) >= 11 is 1.37. The second kappa shape index (κ2) is 12.3. The van der Waals surface area contributed by atoms with E-state index in [-0.39, 0.29) is 5.91 Å². The predicted octanol–water partition coefficient (Wildman–Crippen LogP) is 5.28. The SMILES string of the molecule is CCCN(CCC)CCOc1cc(NC(=O)c2sc(-c3ccncc3)nc2C)ccc1OC. The summed E-state index contributed by atoms with van der Waals surface area (Å²) in [4.78, 5) is 24.5. The molecule has 0 aliphatic rings. The molecule has 1 N–H and O–H groups in total. The third-order valence-corrected chi connectivity index (χ3v) is 6.30. The number of pyridine rings is 1. The molecule has 2 heterocycles. The van der Waals surface area contributed by atoms with E-state index in [1.807, 2.05) is 31.2 Å². The van der Waals surface area contributed by atoms with Crippen molar-refractivity contribution in [3.8, 4) is 22.1 Å². The van der Waals surface area contributed by atoms with Gasteiger partial charge in [-0.15, -0.1) is 11.3 Å². The van der Waals surface area contributed by atoms with E-state index in [0.29, 0.717) is 34.4 Å². The van der Waals surface area contributed by atoms with Crippen molar-refractivity contribution < 1.29 is 14.3 Å². The van der Waals surface area contributed by atoms with Crippen molar-refractivity contribution in [2.24, 2.45) is 0 Å². The lowest BCUT2D eigenvalue weighted by Crippen LogP contribution is -2.30. The minimum atomic E-state index is -0.196. The van der Waals surface area contributed by atoms with Crippen molar-refractivity contribution in [1.29, 1.82) is 0 Å². The van der Waals surface area contributed by atoms with E-state index in [9.17, 15) is 4.79 Å². The largest absolute Gasteiger partial charge is 0.493 e. The van der Waals surface area contributed by atoms with Gasteiger partial charge in [-0.3, -0.25) is 14.7 Å². The summed E-state index contributed by atoms with van der Waals surface area (Å²) in [5.41, 5.74) is 2.28. The Kier molecular flexibility index (Phi) is 9.21. The number of carbonyl (C=O) groups excluding carboxylic acids is 1. The highest BCUT2D eigenvalue weighted by Crippen LogP contribution is 2.32. The molecule has 176 valence electrons. The van der Waals surface area contributed by atoms with E-state index in [2.05, 4.69) is 34.0 Å². The van der Waals surface area contributed by atoms with Crippen LogP contribution in [0.3, 0.4) is 0 Å². The predicted molar refractivity (Wildman–Crippen MR) is 134 cm³/mol. The number of benzene rings is 1. The highest BCUT2D eigenvalue weighted by Gasteiger charge is 2.17. The van der Waals surface area contributed by atoms with Gasteiger partial charge in [-0.2, -0.15) is 0 Å². The third-order valence-electron chi connectivity index (χ3n) is 5.10. The molecule has 8 heteroatoms. The lowest BCUT2D eigenvalue weighted by Gasteiger charge is -2.21. The van der Waals surface area contributed by atoms with Crippen molar-refractivity contribution >= 4 is 22.9 Å². The molecule has 3 rings (SSSR count). The number of aromatic nitrogens is 2. The molecule has 0 fully saturated rings. The average Bonchev–Trinajstić information content (AvgIpc) is 3.22. The Labute approximate surface area is 199 Å². The number of methoxy groups -OCH3 is 1. The first kappa shape index (κ1) is 24.7. The van der Waals surface area contributed by atoms with E-state index in [1.54, 1.807) is 25.6 Å². The van der Waals surface area contributed by atoms with E-state index in [0.717, 1.165) is 43.0 Å². The fourth-order valence-corrected chi connectivity index (χ4v) is 4.50. The molecule has 0 aliphatic carbocycles. The zero-order chi connectivity index (χ0) is 23.6. The Morgan fingerprint density at radius 3 is 2.45 bits per heavy atom. The summed E-state index contributed by atoms with van der Waals surface area (Å²) in [6, 6.07) is 9.19. The molecule has 33 heavy (non-hydrogen) atoms. The van der Waals surface area contributed by atoms with Crippen LogP contribution in [-0.4, -0.2) is 54.1 Å². The molecule has 0 aliphatic heterocycles. The van der Waals surface area contributed by atoms with Crippen molar-refractivity contribution in [1.82, 2.24) is 14.9 Å². The van der Waals surface area contributed by atoms with E-state index < -0.39 is 0 Å². The topological polar surface area (TPSA) is 76.6 Å². The number of ether oxygens (including phenoxy) is 2. The quantitative estimate of drug-likeness (QED) is 0.390. The Hall–Kier alpha value is -2.97. The van der Waals surface area contributed by atoms with Crippen LogP contribution in [0, 0.1) is 6.92 Å². The standard InChI is InChI=1S/C25H32N4O3S/c1-5-13-29(14-6-2)15-16-32-22-17-20(7-8-21(22)31-4)28-24(30)23-18(3)27-25(33-23)19-9-11-26-12-10-19/h7-12,17H,5-6,13-16H2,1-4H3,(H,28,30). The van der Waals surface area contributed by atoms with Gasteiger partial charge in [0.25, 0.3) is 5.91 Å². The molecule has 1 aromatic carbocycles. The van der Waals surface area contributed by atoms with Crippen LogP contribution < -0.4 is 14.8 Å². The summed E-state index contributed by atoms with van der Waals surface area (Å²) < 4.78 is 11.5. The summed E-state index contributed by atoms with van der Waals surface area (Å²) in [6.07, 6.45) is 5.66. The van der Waals surface area contributed by atoms with Crippen LogP contribution in [0.25, 0.3) is 10.6 Å². The molecule has 0 unspecified atom stereocenters. The van der Waals surface area contributed by atoms with Gasteiger partial charge in [0.05, 0.1) is 12.8 Å². The van der Waals surface area contributed by atoms with Crippen molar-refractivity contribution in [2.75, 3.05) is 38.7 Å². The van der Waals surface area contributed by atoms with E-state index in [4.69, 9.17) is 9.47 Å². The Bertz CT molecular complexity index is 1030. The zero-order valence-electron chi connectivity index (χ0n) is 19.8. The molecule has 0 spiro atoms. The van der Waals surface area contributed by atoms with Gasteiger partial charge in [-0.05, 0) is 57.1 Å². The molecular weight excluding hydrogens is 436 g/mol. The molecular formula is C25H32N4O3S. The monoisotopic (exact) mass is 468 g/mol. The maximum absolute atomic E-state index is 13.0. The molecule has 7 nitrogen and oxygen atoms in total. The summed E-state index contributed by atoms with van der Waals surface area (Å²) in [6.45, 7) is 9.72. The highest BCUT2D eigenvalue weighted by molar-refractivity contribution is 7.17. The van der Waals surface area contributed by atoms with Gasteiger partial charge in [0.1, 0.15) is 16.5 Å². The van der Waals surface area contributed by atoms with E-state index >= 15 is 0 Å². The number of thiazole rings is 1. The second-order valence-corrected chi connectivity index (χ2v) is 8.68. The van der Waals surface area contributed by atoms with Crippen molar-refractivity contribution in [3.05, 3.63) is 53.3 Å². The number of amides is 1. The minimum absolute atomic E-state index is 0.196. The van der Waals surface area contributed by atoms with Crippen LogP contribution in [0.4, 0.5) is 5.69 Å². The van der Waals surface area contributed by atoms with E-state index in [1.165, 1.54) is 11.3 Å². The molecule has 0 bridgehead atoms. The Morgan fingerprint density at radius 2 is 1.79 bits per heavy atom. The van der Waals surface area contributed by atoms with Crippen LogP contribution in [0.1, 0.15) is 42.1 Å². The lowest BCUT2D eigenvalue weighted by molar-refractivity contribution is 0.103. The van der Waals surface area contributed by atoms with Crippen LogP contribution in [0.2, 0.25) is 0 Å². The van der Waals surface area contributed by atoms with Crippen LogP contribution in [-0.2, 0) is 0 Å². The molecule has 2 aromatic heterocycles. The molecule has 0 saturated carbocycles. The number of rotatable bonds is 12. The first-order valence-electron chi connectivity index (χ1n) is 11.3. The van der Waals surface area contributed by atoms with Gasteiger partial charge in [0.2, 0.25) is 0 Å². The van der Waals surface area contributed by atoms with Crippen LogP contribution in [0.15, 0.2) is 42.7 Å². The van der Waals surface area contributed by atoms with Crippen LogP contribution in [0.5, 0.6) is 11.5 Å². The van der Waals surface area contributed by atoms with Gasteiger partial charge < -0.3 is 14.8 Å². The highest BCUT2D eigenvalue weighted by atomic mass is 32.1. The summed E-state index contributed by atoms with van der Waals surface area (Å²) in [5.74, 6) is 1.06. The number of aryl methyl sites for hydroxylation is 1. The molecule has 0 radical (unpaired) electrons. The Morgan fingerprint density at radius 1 is 1.06 bits per heavy atom. The first-order chi connectivity index (χ1) is 16.0. The van der Waals surface area contributed by atoms with Gasteiger partial charge in [-0.25, -0.2) is 4.98 Å². The number of hydrogen-bond acceptors (Lipinski definition) is 7. The Balaban J connectivity index is 1.69. The number of nitrogens with one attached hydrogen (secondary N) is 1. The fraction of sp³-hybridized carbons (Fsp3) is 0.400. The van der Waals surface area contributed by atoms with Gasteiger partial charge >= 0.3 is 0 Å². The van der Waals surface area contributed by atoms with Gasteiger partial charge in [0.15, 0.2) is 11.5 Å². The number of anilines is 1. The van der Waals surface area contributed by atoms with Crippen molar-refractivity contribution in [2.45, 2.75) is 33.6 Å². The van der Waals surface area contributed by atoms with Gasteiger partial charge in [-0.1, -0.05) is 13.8 Å². The molecule has 0 saturated heterocycles. The number of carbonyl (C=O) groups is 1. The average molecular weight is 469 g/mol. The fourth-order valence-electron chi connectivity index (χ4n) is 3.53. The first-order valence-corrected chi connectivity index (χ1v) is 12.1. The maximum Gasteiger partial charge on any atom is 0.267 e. The normalized spacial score (nSPS) is 10.9. The molecule has 1 amide bonds. The summed E-state index contributed by atoms with van der Waals surface area (Å²) in [5, 5.41) is 3.76. The van der Waals surface area contributed by atoms with Crippen LogP contribution >= 0.6 is 11.3 Å². The third kappa shape index (κ3) is 6.76. The number of hydrogen-bond donors (Lipinski definition) is 1. The number of nitrogens with zero attached hydrogens (tertiary/aromatic N) is 3. The zero-order valence-corrected chi connectivity index (χ0v) is 20.6. The molecule has 0 atom stereocenters. The smallest absolute Gasteiger partial charge is 0.267 e. The second-order valence-electron chi connectivity index (χ2n) is 7.68. The van der Waals surface area contributed by atoms with Crippen molar-refractivity contribution in [3.63, 3.8) is 0 Å².